The number of amides is 1. The predicted molar refractivity (Wildman–Crippen MR) is 144 cm³/mol. The van der Waals surface area contributed by atoms with Crippen LogP contribution in [0.4, 0.5) is 5.69 Å². The topological polar surface area (TPSA) is 75.7 Å². The molecule has 0 aliphatic carbocycles. The van der Waals surface area contributed by atoms with E-state index in [1.54, 1.807) is 42.1 Å². The molecule has 6 nitrogen and oxygen atoms in total. The Morgan fingerprint density at radius 2 is 1.83 bits per heavy atom. The fourth-order valence-electron chi connectivity index (χ4n) is 3.43. The molecule has 3 rings (SSSR count). The summed E-state index contributed by atoms with van der Waals surface area (Å²) < 4.78 is 33.0. The van der Waals surface area contributed by atoms with E-state index in [1.807, 2.05) is 0 Å². The third kappa shape index (κ3) is 7.65. The molecule has 0 saturated carbocycles. The Hall–Kier alpha value is -2.68. The van der Waals surface area contributed by atoms with Crippen molar-refractivity contribution in [1.29, 1.82) is 0 Å². The Morgan fingerprint density at radius 3 is 2.51 bits per heavy atom. The molecule has 0 heterocycles. The third-order valence-corrected chi connectivity index (χ3v) is 8.38. The zero-order valence-electron chi connectivity index (χ0n) is 19.7. The SMILES string of the molecule is COc1ccc(N(CC(=O)NCCCSCc2cccc(C)c2)S(=O)(=O)c2ccccc2)cc1Cl. The summed E-state index contributed by atoms with van der Waals surface area (Å²) in [6.45, 7) is 2.17. The molecule has 35 heavy (non-hydrogen) atoms. The lowest BCUT2D eigenvalue weighted by atomic mass is 10.2. The van der Waals surface area contributed by atoms with E-state index < -0.39 is 10.0 Å². The Morgan fingerprint density at radius 1 is 1.06 bits per heavy atom. The van der Waals surface area contributed by atoms with Crippen molar-refractivity contribution in [3.8, 4) is 5.75 Å². The Labute approximate surface area is 216 Å². The van der Waals surface area contributed by atoms with E-state index in [1.165, 1.54) is 36.4 Å². The average molecular weight is 533 g/mol. The van der Waals surface area contributed by atoms with E-state index in [2.05, 4.69) is 36.5 Å². The number of thioether (sulfide) groups is 1. The first-order valence-corrected chi connectivity index (χ1v) is 14.1. The fourth-order valence-corrected chi connectivity index (χ4v) is 6.02. The lowest BCUT2D eigenvalue weighted by Gasteiger charge is -2.24. The van der Waals surface area contributed by atoms with Crippen LogP contribution in [0.3, 0.4) is 0 Å². The molecule has 0 aromatic heterocycles. The van der Waals surface area contributed by atoms with Crippen LogP contribution in [0.2, 0.25) is 5.02 Å². The molecule has 0 bridgehead atoms. The molecule has 0 spiro atoms. The summed E-state index contributed by atoms with van der Waals surface area (Å²) in [5.41, 5.74) is 2.80. The van der Waals surface area contributed by atoms with Gasteiger partial charge in [0.1, 0.15) is 12.3 Å². The van der Waals surface area contributed by atoms with Gasteiger partial charge in [-0.3, -0.25) is 9.10 Å². The molecule has 1 amide bonds. The van der Waals surface area contributed by atoms with Crippen LogP contribution in [0, 0.1) is 6.92 Å². The molecule has 0 saturated heterocycles. The number of anilines is 1. The van der Waals surface area contributed by atoms with Crippen molar-refractivity contribution in [2.24, 2.45) is 0 Å². The van der Waals surface area contributed by atoms with Gasteiger partial charge < -0.3 is 10.1 Å². The smallest absolute Gasteiger partial charge is 0.264 e. The van der Waals surface area contributed by atoms with Crippen LogP contribution < -0.4 is 14.4 Å². The zero-order chi connectivity index (χ0) is 25.3. The molecule has 186 valence electrons. The summed E-state index contributed by atoms with van der Waals surface area (Å²) in [6.07, 6.45) is 0.780. The zero-order valence-corrected chi connectivity index (χ0v) is 22.1. The summed E-state index contributed by atoms with van der Waals surface area (Å²) in [6, 6.07) is 21.0. The van der Waals surface area contributed by atoms with Crippen LogP contribution in [0.1, 0.15) is 17.5 Å². The highest BCUT2D eigenvalue weighted by Crippen LogP contribution is 2.31. The van der Waals surface area contributed by atoms with Crippen LogP contribution in [0.5, 0.6) is 5.75 Å². The minimum atomic E-state index is -3.99. The number of hydrogen-bond donors (Lipinski definition) is 1. The van der Waals surface area contributed by atoms with Gasteiger partial charge in [0.25, 0.3) is 10.0 Å². The normalized spacial score (nSPS) is 11.2. The summed E-state index contributed by atoms with van der Waals surface area (Å²) in [4.78, 5) is 12.8. The van der Waals surface area contributed by atoms with Crippen LogP contribution in [-0.2, 0) is 20.6 Å². The van der Waals surface area contributed by atoms with Gasteiger partial charge in [0, 0.05) is 12.3 Å². The average Bonchev–Trinajstić information content (AvgIpc) is 2.85. The van der Waals surface area contributed by atoms with Crippen molar-refractivity contribution in [2.45, 2.75) is 24.0 Å². The van der Waals surface area contributed by atoms with E-state index in [-0.39, 0.29) is 28.1 Å². The second-order valence-electron chi connectivity index (χ2n) is 7.89. The molecular weight excluding hydrogens is 504 g/mol. The number of aryl methyl sites for hydroxylation is 1. The van der Waals surface area contributed by atoms with Gasteiger partial charge >= 0.3 is 0 Å². The van der Waals surface area contributed by atoms with E-state index in [4.69, 9.17) is 16.3 Å². The van der Waals surface area contributed by atoms with Gasteiger partial charge in [-0.1, -0.05) is 59.6 Å². The monoisotopic (exact) mass is 532 g/mol. The van der Waals surface area contributed by atoms with Crippen LogP contribution in [-0.4, -0.2) is 40.3 Å². The van der Waals surface area contributed by atoms with E-state index in [0.29, 0.717) is 12.3 Å². The number of carbonyl (C=O) groups is 1. The van der Waals surface area contributed by atoms with Gasteiger partial charge in [-0.15, -0.1) is 0 Å². The van der Waals surface area contributed by atoms with Gasteiger partial charge in [-0.2, -0.15) is 11.8 Å². The minimum Gasteiger partial charge on any atom is -0.495 e. The number of benzene rings is 3. The van der Waals surface area contributed by atoms with Crippen LogP contribution >= 0.6 is 23.4 Å². The maximum Gasteiger partial charge on any atom is 0.264 e. The lowest BCUT2D eigenvalue weighted by Crippen LogP contribution is -2.41. The molecule has 0 fully saturated rings. The predicted octanol–water partition coefficient (Wildman–Crippen LogP) is 5.29. The van der Waals surface area contributed by atoms with Crippen molar-refractivity contribution < 1.29 is 17.9 Å². The fraction of sp³-hybridized carbons (Fsp3) is 0.269. The number of ether oxygens (including phenoxy) is 1. The summed E-state index contributed by atoms with van der Waals surface area (Å²) >= 11 is 8.04. The van der Waals surface area contributed by atoms with Gasteiger partial charge in [0.15, 0.2) is 0 Å². The summed E-state index contributed by atoms with van der Waals surface area (Å²) in [5.74, 6) is 1.82. The van der Waals surface area contributed by atoms with Crippen molar-refractivity contribution in [2.75, 3.05) is 30.3 Å². The highest BCUT2D eigenvalue weighted by Gasteiger charge is 2.27. The molecular formula is C26H29ClN2O4S2. The first-order valence-electron chi connectivity index (χ1n) is 11.1. The second-order valence-corrected chi connectivity index (χ2v) is 11.3. The van der Waals surface area contributed by atoms with Crippen molar-refractivity contribution >= 4 is 45.0 Å². The number of hydrogen-bond acceptors (Lipinski definition) is 5. The third-order valence-electron chi connectivity index (χ3n) is 5.18. The molecule has 0 radical (unpaired) electrons. The number of carbonyl (C=O) groups excluding carboxylic acids is 1. The number of nitrogens with one attached hydrogen (secondary N) is 1. The Bertz CT molecular complexity index is 1240. The standard InChI is InChI=1S/C26H29ClN2O4S2/c1-20-8-6-9-21(16-20)19-34-15-7-14-28-26(30)18-29(22-12-13-25(33-2)24(27)17-22)35(31,32)23-10-4-3-5-11-23/h3-6,8-13,16-17H,7,14-15,18-19H2,1-2H3,(H,28,30). The first-order chi connectivity index (χ1) is 16.8. The molecule has 9 heteroatoms. The van der Waals surface area contributed by atoms with Crippen molar-refractivity contribution in [3.05, 3.63) is 88.9 Å². The first kappa shape index (κ1) is 26.9. The molecule has 0 aliphatic heterocycles. The number of sulfonamides is 1. The molecule has 3 aromatic carbocycles. The van der Waals surface area contributed by atoms with E-state index in [0.717, 1.165) is 22.2 Å². The van der Waals surface area contributed by atoms with Crippen LogP contribution in [0.25, 0.3) is 0 Å². The largest absolute Gasteiger partial charge is 0.495 e. The number of rotatable bonds is 12. The second kappa shape index (κ2) is 12.9. The molecule has 0 unspecified atom stereocenters. The van der Waals surface area contributed by atoms with Gasteiger partial charge in [-0.05, 0) is 55.0 Å². The number of nitrogens with zero attached hydrogens (tertiary/aromatic N) is 1. The maximum atomic E-state index is 13.4. The van der Waals surface area contributed by atoms with E-state index >= 15 is 0 Å². The number of halogens is 1. The lowest BCUT2D eigenvalue weighted by molar-refractivity contribution is -0.119. The van der Waals surface area contributed by atoms with Crippen LogP contribution in [0.15, 0.2) is 77.7 Å². The summed E-state index contributed by atoms with van der Waals surface area (Å²) in [5, 5.41) is 3.09. The van der Waals surface area contributed by atoms with Crippen molar-refractivity contribution in [3.63, 3.8) is 0 Å². The van der Waals surface area contributed by atoms with Gasteiger partial charge in [-0.25, -0.2) is 8.42 Å². The highest BCUT2D eigenvalue weighted by atomic mass is 35.5. The van der Waals surface area contributed by atoms with Gasteiger partial charge in [0.2, 0.25) is 5.91 Å². The quantitative estimate of drug-likeness (QED) is 0.321. The minimum absolute atomic E-state index is 0.0901. The van der Waals surface area contributed by atoms with E-state index in [9.17, 15) is 13.2 Å². The van der Waals surface area contributed by atoms with Crippen molar-refractivity contribution in [1.82, 2.24) is 5.32 Å². The molecule has 1 N–H and O–H groups in total. The van der Waals surface area contributed by atoms with Gasteiger partial charge in [0.05, 0.1) is 22.7 Å². The number of methoxy groups -OCH3 is 1. The maximum absolute atomic E-state index is 13.4. The molecule has 0 aliphatic rings. The summed E-state index contributed by atoms with van der Waals surface area (Å²) in [7, 11) is -2.51. The highest BCUT2D eigenvalue weighted by molar-refractivity contribution is 7.98. The molecule has 3 aromatic rings. The molecule has 0 atom stereocenters. The Kier molecular flexibility index (Phi) is 9.89. The Balaban J connectivity index is 1.61.